The molecule has 2 heteroatoms. The van der Waals surface area contributed by atoms with Crippen LogP contribution in [0.4, 0.5) is 0 Å². The van der Waals surface area contributed by atoms with Gasteiger partial charge in [0.2, 0.25) is 0 Å². The number of piperidine rings is 1. The first kappa shape index (κ1) is 14.5. The first-order valence-electron chi connectivity index (χ1n) is 7.69. The lowest BCUT2D eigenvalue weighted by molar-refractivity contribution is -0.0458. The topological polar surface area (TPSA) is 23.5 Å². The Morgan fingerprint density at radius 1 is 1.16 bits per heavy atom. The first-order chi connectivity index (χ1) is 9.19. The Morgan fingerprint density at radius 2 is 1.84 bits per heavy atom. The second-order valence-corrected chi connectivity index (χ2v) is 5.72. The number of hydrogen-bond donors (Lipinski definition) is 1. The Bertz CT molecular complexity index is 378. The number of aliphatic hydroxyl groups excluding tert-OH is 1. The van der Waals surface area contributed by atoms with E-state index in [1.54, 1.807) is 0 Å². The molecule has 1 aliphatic rings. The average Bonchev–Trinajstić information content (AvgIpc) is 2.47. The molecule has 0 amide bonds. The summed E-state index contributed by atoms with van der Waals surface area (Å²) in [5.74, 6) is 0. The summed E-state index contributed by atoms with van der Waals surface area (Å²) in [5.41, 5.74) is 1.36. The smallest absolute Gasteiger partial charge is 0.0696 e. The summed E-state index contributed by atoms with van der Waals surface area (Å²) in [4.78, 5) is 2.56. The quantitative estimate of drug-likeness (QED) is 0.892. The zero-order valence-corrected chi connectivity index (χ0v) is 12.4. The van der Waals surface area contributed by atoms with E-state index in [2.05, 4.69) is 56.0 Å². The first-order valence-corrected chi connectivity index (χ1v) is 7.69. The molecular formula is C17H27NO. The summed E-state index contributed by atoms with van der Waals surface area (Å²) < 4.78 is 0. The number of nitrogens with zero attached hydrogens (tertiary/aromatic N) is 1. The van der Waals surface area contributed by atoms with Crippen LogP contribution in [0.2, 0.25) is 0 Å². The van der Waals surface area contributed by atoms with E-state index in [9.17, 15) is 5.11 Å². The predicted octanol–water partition coefficient (Wildman–Crippen LogP) is 3.76. The summed E-state index contributed by atoms with van der Waals surface area (Å²) in [6.45, 7) is 6.73. The molecule has 1 aliphatic heterocycles. The average molecular weight is 261 g/mol. The van der Waals surface area contributed by atoms with Gasteiger partial charge in [0.25, 0.3) is 0 Å². The van der Waals surface area contributed by atoms with Crippen molar-refractivity contribution in [1.82, 2.24) is 4.90 Å². The summed E-state index contributed by atoms with van der Waals surface area (Å²) in [6, 6.07) is 12.0. The van der Waals surface area contributed by atoms with Crippen molar-refractivity contribution in [3.63, 3.8) is 0 Å². The zero-order chi connectivity index (χ0) is 13.8. The van der Waals surface area contributed by atoms with Crippen LogP contribution in [0, 0.1) is 0 Å². The maximum atomic E-state index is 10.3. The Hall–Kier alpha value is -0.860. The van der Waals surface area contributed by atoms with E-state index >= 15 is 0 Å². The highest BCUT2D eigenvalue weighted by atomic mass is 16.3. The number of aliphatic hydroxyl groups is 1. The summed E-state index contributed by atoms with van der Waals surface area (Å²) in [6.07, 6.45) is 4.09. The van der Waals surface area contributed by atoms with Crippen molar-refractivity contribution in [2.45, 2.75) is 70.7 Å². The molecule has 2 rings (SSSR count). The van der Waals surface area contributed by atoms with Crippen LogP contribution in [-0.2, 0) is 0 Å². The fourth-order valence-corrected chi connectivity index (χ4v) is 3.58. The molecule has 0 spiro atoms. The molecule has 0 saturated carbocycles. The minimum absolute atomic E-state index is 0.168. The summed E-state index contributed by atoms with van der Waals surface area (Å²) >= 11 is 0. The molecule has 19 heavy (non-hydrogen) atoms. The van der Waals surface area contributed by atoms with Crippen molar-refractivity contribution >= 4 is 0 Å². The second-order valence-electron chi connectivity index (χ2n) is 5.72. The predicted molar refractivity (Wildman–Crippen MR) is 80.1 cm³/mol. The van der Waals surface area contributed by atoms with Crippen LogP contribution in [0.1, 0.15) is 58.1 Å². The van der Waals surface area contributed by atoms with Gasteiger partial charge in [0.15, 0.2) is 0 Å². The van der Waals surface area contributed by atoms with Gasteiger partial charge in [-0.1, -0.05) is 44.2 Å². The molecule has 1 aromatic carbocycles. The van der Waals surface area contributed by atoms with Gasteiger partial charge in [-0.25, -0.2) is 0 Å². The van der Waals surface area contributed by atoms with Crippen molar-refractivity contribution < 1.29 is 5.11 Å². The van der Waals surface area contributed by atoms with E-state index < -0.39 is 0 Å². The van der Waals surface area contributed by atoms with Gasteiger partial charge in [-0.2, -0.15) is 0 Å². The molecule has 1 saturated heterocycles. The number of hydrogen-bond acceptors (Lipinski definition) is 2. The zero-order valence-electron chi connectivity index (χ0n) is 12.4. The fourth-order valence-electron chi connectivity index (χ4n) is 3.58. The van der Waals surface area contributed by atoms with Crippen LogP contribution >= 0.6 is 0 Å². The van der Waals surface area contributed by atoms with Crippen molar-refractivity contribution in [3.05, 3.63) is 35.9 Å². The van der Waals surface area contributed by atoms with Gasteiger partial charge in [0.05, 0.1) is 6.10 Å². The molecule has 106 valence electrons. The van der Waals surface area contributed by atoms with E-state index in [1.165, 1.54) is 12.0 Å². The van der Waals surface area contributed by atoms with Gasteiger partial charge in [-0.05, 0) is 38.2 Å². The van der Waals surface area contributed by atoms with Gasteiger partial charge in [0, 0.05) is 18.1 Å². The fraction of sp³-hybridized carbons (Fsp3) is 0.647. The maximum Gasteiger partial charge on any atom is 0.0696 e. The second kappa shape index (κ2) is 6.53. The van der Waals surface area contributed by atoms with Gasteiger partial charge in [-0.15, -0.1) is 0 Å². The lowest BCUT2D eigenvalue weighted by atomic mass is 9.87. The minimum Gasteiger partial charge on any atom is -0.391 e. The highest BCUT2D eigenvalue weighted by Crippen LogP contribution is 2.35. The SMILES string of the molecule is CC[C@@H]1CC[C@H](O)[C@H](CC)N1[C@H](C)c1ccccc1. The molecule has 2 nitrogen and oxygen atoms in total. The summed E-state index contributed by atoms with van der Waals surface area (Å²) in [7, 11) is 0. The Balaban J connectivity index is 2.25. The molecule has 0 radical (unpaired) electrons. The third-order valence-electron chi connectivity index (χ3n) is 4.66. The Morgan fingerprint density at radius 3 is 2.42 bits per heavy atom. The van der Waals surface area contributed by atoms with Crippen LogP contribution in [0.3, 0.4) is 0 Å². The normalized spacial score (nSPS) is 30.2. The van der Waals surface area contributed by atoms with Crippen LogP contribution in [0.15, 0.2) is 30.3 Å². The van der Waals surface area contributed by atoms with E-state index in [1.807, 2.05) is 0 Å². The molecular weight excluding hydrogens is 234 g/mol. The Kier molecular flexibility index (Phi) is 5.00. The van der Waals surface area contributed by atoms with Crippen LogP contribution in [0.5, 0.6) is 0 Å². The highest BCUT2D eigenvalue weighted by Gasteiger charge is 2.37. The number of likely N-dealkylation sites (tertiary alicyclic amines) is 1. The van der Waals surface area contributed by atoms with Crippen molar-refractivity contribution in [2.75, 3.05) is 0 Å². The molecule has 1 fully saturated rings. The third-order valence-corrected chi connectivity index (χ3v) is 4.66. The molecule has 0 unspecified atom stereocenters. The molecule has 0 aliphatic carbocycles. The van der Waals surface area contributed by atoms with E-state index in [0.29, 0.717) is 18.1 Å². The molecule has 0 bridgehead atoms. The van der Waals surface area contributed by atoms with Crippen LogP contribution < -0.4 is 0 Å². The maximum absolute atomic E-state index is 10.3. The number of rotatable bonds is 4. The molecule has 1 aromatic rings. The van der Waals surface area contributed by atoms with Crippen LogP contribution in [0.25, 0.3) is 0 Å². The largest absolute Gasteiger partial charge is 0.391 e. The minimum atomic E-state index is -0.168. The monoisotopic (exact) mass is 261 g/mol. The van der Waals surface area contributed by atoms with Gasteiger partial charge >= 0.3 is 0 Å². The van der Waals surface area contributed by atoms with E-state index in [4.69, 9.17) is 0 Å². The summed E-state index contributed by atoms with van der Waals surface area (Å²) in [5, 5.41) is 10.3. The van der Waals surface area contributed by atoms with Gasteiger partial charge in [-0.3, -0.25) is 4.90 Å². The Labute approximate surface area is 117 Å². The lowest BCUT2D eigenvalue weighted by Crippen LogP contribution is -2.53. The standard InChI is InChI=1S/C17H27NO/c1-4-15-11-12-17(19)16(5-2)18(15)13(3)14-9-7-6-8-10-14/h6-10,13,15-17,19H,4-5,11-12H2,1-3H3/t13-,15-,16+,17+/m1/s1. The van der Waals surface area contributed by atoms with Gasteiger partial charge < -0.3 is 5.11 Å². The highest BCUT2D eigenvalue weighted by molar-refractivity contribution is 5.19. The number of benzene rings is 1. The van der Waals surface area contributed by atoms with Crippen molar-refractivity contribution in [3.8, 4) is 0 Å². The van der Waals surface area contributed by atoms with Crippen molar-refractivity contribution in [2.24, 2.45) is 0 Å². The van der Waals surface area contributed by atoms with E-state index in [0.717, 1.165) is 19.3 Å². The molecule has 1 heterocycles. The van der Waals surface area contributed by atoms with Gasteiger partial charge in [0.1, 0.15) is 0 Å². The molecule has 1 N–H and O–H groups in total. The van der Waals surface area contributed by atoms with Crippen LogP contribution in [-0.4, -0.2) is 28.2 Å². The lowest BCUT2D eigenvalue weighted by Gasteiger charge is -2.47. The van der Waals surface area contributed by atoms with E-state index in [-0.39, 0.29) is 6.10 Å². The molecule has 0 aromatic heterocycles. The van der Waals surface area contributed by atoms with Crippen molar-refractivity contribution in [1.29, 1.82) is 0 Å². The molecule has 4 atom stereocenters. The third kappa shape index (κ3) is 3.01.